The van der Waals surface area contributed by atoms with Gasteiger partial charge in [-0.3, -0.25) is 9.78 Å². The quantitative estimate of drug-likeness (QED) is 0.250. The number of anilines is 2. The number of ether oxygens (including phenoxy) is 2. The Morgan fingerprint density at radius 1 is 1.15 bits per heavy atom. The van der Waals surface area contributed by atoms with E-state index in [2.05, 4.69) is 15.6 Å². The van der Waals surface area contributed by atoms with E-state index in [1.807, 2.05) is 72.5 Å². The standard InChI is InChI=1S/C29H27ClN4O4S/c1-17-7-8-18(30)14-20(17)23-11-12-25(38-23)28-27(21-6-4-5-13-31-21)33-29(39)34(28)19-9-10-24(37-3)22(15-19)32-26(35)16-36-2/h4-15,27-28H,16H2,1-3H3,(H,32,35)(H,33,39). The third-order valence-corrected chi connectivity index (χ3v) is 7.04. The second-order valence-electron chi connectivity index (χ2n) is 9.02. The molecule has 3 heterocycles. The van der Waals surface area contributed by atoms with Crippen molar-refractivity contribution in [2.24, 2.45) is 0 Å². The lowest BCUT2D eigenvalue weighted by Gasteiger charge is -2.27. The molecule has 1 amide bonds. The molecular weight excluding hydrogens is 536 g/mol. The molecule has 0 radical (unpaired) electrons. The molecule has 39 heavy (non-hydrogen) atoms. The van der Waals surface area contributed by atoms with Crippen molar-refractivity contribution in [3.8, 4) is 17.1 Å². The van der Waals surface area contributed by atoms with Crippen LogP contribution >= 0.6 is 23.8 Å². The van der Waals surface area contributed by atoms with Gasteiger partial charge < -0.3 is 29.4 Å². The van der Waals surface area contributed by atoms with Crippen LogP contribution in [0.25, 0.3) is 11.3 Å². The number of nitrogens with one attached hydrogen (secondary N) is 2. The van der Waals surface area contributed by atoms with E-state index in [0.717, 1.165) is 22.5 Å². The zero-order chi connectivity index (χ0) is 27.5. The summed E-state index contributed by atoms with van der Waals surface area (Å²) < 4.78 is 16.9. The van der Waals surface area contributed by atoms with E-state index in [0.29, 0.717) is 33.1 Å². The number of furan rings is 1. The van der Waals surface area contributed by atoms with Crippen molar-refractivity contribution in [3.63, 3.8) is 0 Å². The molecule has 0 saturated carbocycles. The lowest BCUT2D eigenvalue weighted by molar-refractivity contribution is -0.119. The van der Waals surface area contributed by atoms with Gasteiger partial charge in [0.25, 0.3) is 0 Å². The highest BCUT2D eigenvalue weighted by molar-refractivity contribution is 7.80. The molecule has 0 spiro atoms. The highest BCUT2D eigenvalue weighted by Gasteiger charge is 2.43. The van der Waals surface area contributed by atoms with Crippen molar-refractivity contribution in [2.75, 3.05) is 31.0 Å². The number of pyridine rings is 1. The number of rotatable bonds is 8. The molecule has 5 rings (SSSR count). The molecule has 1 aliphatic rings. The maximum absolute atomic E-state index is 12.3. The summed E-state index contributed by atoms with van der Waals surface area (Å²) in [6.45, 7) is 1.93. The normalized spacial score (nSPS) is 16.7. The van der Waals surface area contributed by atoms with Gasteiger partial charge in [0, 0.05) is 29.6 Å². The van der Waals surface area contributed by atoms with Crippen LogP contribution in [0, 0.1) is 6.92 Å². The highest BCUT2D eigenvalue weighted by Crippen LogP contribution is 2.44. The number of methoxy groups -OCH3 is 2. The molecule has 1 aliphatic heterocycles. The smallest absolute Gasteiger partial charge is 0.250 e. The first-order chi connectivity index (χ1) is 18.9. The van der Waals surface area contributed by atoms with Crippen molar-refractivity contribution in [1.82, 2.24) is 10.3 Å². The van der Waals surface area contributed by atoms with Gasteiger partial charge in [-0.15, -0.1) is 0 Å². The third kappa shape index (κ3) is 5.47. The number of thiocarbonyl (C=S) groups is 1. The number of carbonyl (C=O) groups is 1. The topological polar surface area (TPSA) is 88.9 Å². The highest BCUT2D eigenvalue weighted by atomic mass is 35.5. The van der Waals surface area contributed by atoms with Crippen LogP contribution in [0.2, 0.25) is 5.02 Å². The Balaban J connectivity index is 1.59. The lowest BCUT2D eigenvalue weighted by atomic mass is 10.0. The van der Waals surface area contributed by atoms with Crippen molar-refractivity contribution >= 4 is 46.2 Å². The molecule has 4 aromatic rings. The van der Waals surface area contributed by atoms with E-state index >= 15 is 0 Å². The van der Waals surface area contributed by atoms with Gasteiger partial charge in [-0.05, 0) is 79.3 Å². The summed E-state index contributed by atoms with van der Waals surface area (Å²) in [4.78, 5) is 18.9. The number of aryl methyl sites for hydroxylation is 1. The first-order valence-corrected chi connectivity index (χ1v) is 13.0. The van der Waals surface area contributed by atoms with Gasteiger partial charge in [0.1, 0.15) is 29.9 Å². The van der Waals surface area contributed by atoms with Crippen molar-refractivity contribution < 1.29 is 18.7 Å². The van der Waals surface area contributed by atoms with E-state index in [-0.39, 0.29) is 24.6 Å². The van der Waals surface area contributed by atoms with Gasteiger partial charge in [0.2, 0.25) is 5.91 Å². The third-order valence-electron chi connectivity index (χ3n) is 6.49. The molecule has 0 bridgehead atoms. The molecule has 1 saturated heterocycles. The Bertz CT molecular complexity index is 1510. The van der Waals surface area contributed by atoms with Gasteiger partial charge in [-0.25, -0.2) is 0 Å². The molecule has 2 aromatic heterocycles. The first kappa shape index (κ1) is 26.7. The molecule has 2 atom stereocenters. The Morgan fingerprint density at radius 3 is 2.74 bits per heavy atom. The van der Waals surface area contributed by atoms with E-state index in [1.54, 1.807) is 19.4 Å². The number of hydrogen-bond acceptors (Lipinski definition) is 6. The molecule has 0 aliphatic carbocycles. The summed E-state index contributed by atoms with van der Waals surface area (Å²) in [5.41, 5.74) is 4.00. The number of halogens is 1. The maximum Gasteiger partial charge on any atom is 0.250 e. The number of benzene rings is 2. The molecule has 10 heteroatoms. The average Bonchev–Trinajstić information content (AvgIpc) is 3.55. The molecule has 2 N–H and O–H groups in total. The predicted octanol–water partition coefficient (Wildman–Crippen LogP) is 6.07. The minimum absolute atomic E-state index is 0.0838. The molecule has 2 aromatic carbocycles. The van der Waals surface area contributed by atoms with Crippen LogP contribution in [0.3, 0.4) is 0 Å². The zero-order valence-corrected chi connectivity index (χ0v) is 23.2. The Hall–Kier alpha value is -3.92. The number of hydrogen-bond donors (Lipinski definition) is 2. The van der Waals surface area contributed by atoms with E-state index in [4.69, 9.17) is 37.7 Å². The molecule has 8 nitrogen and oxygen atoms in total. The summed E-state index contributed by atoms with van der Waals surface area (Å²) in [7, 11) is 3.01. The van der Waals surface area contributed by atoms with Crippen molar-refractivity contribution in [2.45, 2.75) is 19.0 Å². The fourth-order valence-electron chi connectivity index (χ4n) is 4.70. The number of aromatic nitrogens is 1. The van der Waals surface area contributed by atoms with Gasteiger partial charge in [-0.2, -0.15) is 0 Å². The fourth-order valence-corrected chi connectivity index (χ4v) is 5.22. The van der Waals surface area contributed by atoms with Crippen molar-refractivity contribution in [3.05, 3.63) is 95.0 Å². The largest absolute Gasteiger partial charge is 0.495 e. The number of carbonyl (C=O) groups excluding carboxylic acids is 1. The molecular formula is C29H27ClN4O4S. The van der Waals surface area contributed by atoms with Crippen LogP contribution in [0.1, 0.15) is 29.1 Å². The van der Waals surface area contributed by atoms with Gasteiger partial charge in [0.15, 0.2) is 5.11 Å². The molecule has 2 unspecified atom stereocenters. The van der Waals surface area contributed by atoms with Crippen LogP contribution in [-0.2, 0) is 9.53 Å². The van der Waals surface area contributed by atoms with Crippen molar-refractivity contribution in [1.29, 1.82) is 0 Å². The SMILES string of the molecule is COCC(=O)Nc1cc(N2C(=S)NC(c3ccccn3)C2c2ccc(-c3cc(Cl)ccc3C)o2)ccc1OC. The van der Waals surface area contributed by atoms with Crippen LogP contribution in [0.4, 0.5) is 11.4 Å². The maximum atomic E-state index is 12.3. The van der Waals surface area contributed by atoms with E-state index in [1.165, 1.54) is 7.11 Å². The van der Waals surface area contributed by atoms with Gasteiger partial charge in [-0.1, -0.05) is 23.7 Å². The fraction of sp³-hybridized carbons (Fsp3) is 0.207. The summed E-state index contributed by atoms with van der Waals surface area (Å²) in [6, 6.07) is 20.2. The van der Waals surface area contributed by atoms with Crippen LogP contribution in [-0.4, -0.2) is 36.8 Å². The van der Waals surface area contributed by atoms with Gasteiger partial charge in [0.05, 0.1) is 24.5 Å². The molecule has 200 valence electrons. The minimum atomic E-state index is -0.378. The Kier molecular flexibility index (Phi) is 7.83. The number of amides is 1. The summed E-state index contributed by atoms with van der Waals surface area (Å²) in [5.74, 6) is 1.60. The second-order valence-corrected chi connectivity index (χ2v) is 9.85. The summed E-state index contributed by atoms with van der Waals surface area (Å²) in [5, 5.41) is 7.39. The number of nitrogens with zero attached hydrogens (tertiary/aromatic N) is 2. The van der Waals surface area contributed by atoms with Crippen LogP contribution < -0.4 is 20.3 Å². The van der Waals surface area contributed by atoms with Crippen LogP contribution in [0.5, 0.6) is 5.75 Å². The first-order valence-electron chi connectivity index (χ1n) is 12.2. The monoisotopic (exact) mass is 562 g/mol. The predicted molar refractivity (Wildman–Crippen MR) is 155 cm³/mol. The summed E-state index contributed by atoms with van der Waals surface area (Å²) in [6.07, 6.45) is 1.75. The van der Waals surface area contributed by atoms with E-state index in [9.17, 15) is 4.79 Å². The second kappa shape index (κ2) is 11.4. The Morgan fingerprint density at radius 2 is 2.00 bits per heavy atom. The minimum Gasteiger partial charge on any atom is -0.495 e. The lowest BCUT2D eigenvalue weighted by Crippen LogP contribution is -2.29. The van der Waals surface area contributed by atoms with Gasteiger partial charge >= 0.3 is 0 Å². The Labute approximate surface area is 236 Å². The summed E-state index contributed by atoms with van der Waals surface area (Å²) >= 11 is 12.1. The molecule has 1 fully saturated rings. The zero-order valence-electron chi connectivity index (χ0n) is 21.6. The average molecular weight is 563 g/mol. The van der Waals surface area contributed by atoms with E-state index < -0.39 is 0 Å². The van der Waals surface area contributed by atoms with Crippen LogP contribution in [0.15, 0.2) is 77.3 Å².